The third kappa shape index (κ3) is 4.94. The van der Waals surface area contributed by atoms with E-state index in [4.69, 9.17) is 14.2 Å². The van der Waals surface area contributed by atoms with Crippen LogP contribution in [0.15, 0.2) is 0 Å². The topological polar surface area (TPSA) is 27.7 Å². The quantitative estimate of drug-likeness (QED) is 0.561. The molecule has 0 spiro atoms. The minimum Gasteiger partial charge on any atom is -0.385 e. The van der Waals surface area contributed by atoms with Crippen LogP contribution in [0, 0.1) is 11.8 Å². The maximum Gasteiger partial charge on any atom is 0.0538 e. The zero-order valence-corrected chi connectivity index (χ0v) is 9.33. The van der Waals surface area contributed by atoms with Crippen molar-refractivity contribution in [2.45, 2.75) is 19.8 Å². The van der Waals surface area contributed by atoms with Crippen LogP contribution in [0.5, 0.6) is 0 Å². The molecule has 0 radical (unpaired) electrons. The number of hydrogen-bond acceptors (Lipinski definition) is 3. The largest absolute Gasteiger partial charge is 0.385 e. The lowest BCUT2D eigenvalue weighted by molar-refractivity contribution is -0.0726. The highest BCUT2D eigenvalue weighted by atomic mass is 16.5. The van der Waals surface area contributed by atoms with Gasteiger partial charge in [-0.2, -0.15) is 0 Å². The Balaban J connectivity index is 1.81. The number of methoxy groups -OCH3 is 1. The molecule has 1 saturated heterocycles. The van der Waals surface area contributed by atoms with Crippen molar-refractivity contribution in [1.82, 2.24) is 0 Å². The molecule has 1 heterocycles. The van der Waals surface area contributed by atoms with Gasteiger partial charge in [0.2, 0.25) is 0 Å². The van der Waals surface area contributed by atoms with Crippen LogP contribution in [0.2, 0.25) is 0 Å². The molecule has 0 saturated carbocycles. The molecule has 0 N–H and O–H groups in total. The summed E-state index contributed by atoms with van der Waals surface area (Å²) in [5, 5.41) is 0. The number of hydrogen-bond donors (Lipinski definition) is 0. The molecule has 84 valence electrons. The molecule has 0 aliphatic carbocycles. The van der Waals surface area contributed by atoms with Crippen molar-refractivity contribution in [1.29, 1.82) is 0 Å². The minimum absolute atomic E-state index is 0.657. The second-order valence-corrected chi connectivity index (χ2v) is 4.15. The summed E-state index contributed by atoms with van der Waals surface area (Å²) in [7, 11) is 1.75. The molecule has 1 aliphatic heterocycles. The monoisotopic (exact) mass is 202 g/mol. The lowest BCUT2D eigenvalue weighted by Gasteiger charge is -2.25. The van der Waals surface area contributed by atoms with Crippen LogP contribution >= 0.6 is 0 Å². The molecule has 0 aromatic carbocycles. The molecule has 1 fully saturated rings. The van der Waals surface area contributed by atoms with Crippen molar-refractivity contribution in [3.8, 4) is 0 Å². The Labute approximate surface area is 86.7 Å². The van der Waals surface area contributed by atoms with Gasteiger partial charge in [-0.3, -0.25) is 0 Å². The van der Waals surface area contributed by atoms with Crippen LogP contribution in [0.3, 0.4) is 0 Å². The molecular formula is C11H22O3. The summed E-state index contributed by atoms with van der Waals surface area (Å²) in [5.74, 6) is 1.36. The van der Waals surface area contributed by atoms with E-state index >= 15 is 0 Å². The molecular weight excluding hydrogens is 180 g/mol. The average molecular weight is 202 g/mol. The Morgan fingerprint density at radius 2 is 2.00 bits per heavy atom. The van der Waals surface area contributed by atoms with E-state index in [0.717, 1.165) is 45.9 Å². The Hall–Kier alpha value is -0.120. The van der Waals surface area contributed by atoms with Gasteiger partial charge in [-0.15, -0.1) is 0 Å². The first kappa shape index (κ1) is 12.0. The van der Waals surface area contributed by atoms with E-state index in [9.17, 15) is 0 Å². The van der Waals surface area contributed by atoms with E-state index in [2.05, 4.69) is 6.92 Å². The van der Waals surface area contributed by atoms with E-state index in [-0.39, 0.29) is 0 Å². The van der Waals surface area contributed by atoms with Gasteiger partial charge in [0.25, 0.3) is 0 Å². The first-order chi connectivity index (χ1) is 6.83. The first-order valence-electron chi connectivity index (χ1n) is 5.47. The molecule has 1 atom stereocenters. The van der Waals surface area contributed by atoms with Gasteiger partial charge in [0.05, 0.1) is 19.8 Å². The first-order valence-corrected chi connectivity index (χ1v) is 5.47. The van der Waals surface area contributed by atoms with E-state index in [1.807, 2.05) is 0 Å². The third-order valence-corrected chi connectivity index (χ3v) is 2.63. The lowest BCUT2D eigenvalue weighted by atomic mass is 10.1. The summed E-state index contributed by atoms with van der Waals surface area (Å²) in [5.41, 5.74) is 0. The number of ether oxygens (including phenoxy) is 3. The van der Waals surface area contributed by atoms with Gasteiger partial charge >= 0.3 is 0 Å². The molecule has 0 aromatic heterocycles. The summed E-state index contributed by atoms with van der Waals surface area (Å²) in [6.45, 7) is 6.63. The second-order valence-electron chi connectivity index (χ2n) is 4.15. The zero-order chi connectivity index (χ0) is 10.2. The molecule has 1 unspecified atom stereocenters. The van der Waals surface area contributed by atoms with Crippen molar-refractivity contribution >= 4 is 0 Å². The highest BCUT2D eigenvalue weighted by Gasteiger charge is 2.17. The Morgan fingerprint density at radius 3 is 2.57 bits per heavy atom. The van der Waals surface area contributed by atoms with Gasteiger partial charge in [-0.1, -0.05) is 6.92 Å². The van der Waals surface area contributed by atoms with E-state index in [1.165, 1.54) is 0 Å². The molecule has 0 aromatic rings. The van der Waals surface area contributed by atoms with Gasteiger partial charge in [-0.05, 0) is 18.8 Å². The Kier molecular flexibility index (Phi) is 6.15. The molecule has 1 rings (SSSR count). The van der Waals surface area contributed by atoms with Crippen molar-refractivity contribution in [3.05, 3.63) is 0 Å². The molecule has 1 aliphatic rings. The van der Waals surface area contributed by atoms with Gasteiger partial charge in [0.1, 0.15) is 0 Å². The molecule has 14 heavy (non-hydrogen) atoms. The average Bonchev–Trinajstić information content (AvgIpc) is 2.11. The fraction of sp³-hybridized carbons (Fsp3) is 1.00. The van der Waals surface area contributed by atoms with Gasteiger partial charge in [-0.25, -0.2) is 0 Å². The minimum atomic E-state index is 0.657. The summed E-state index contributed by atoms with van der Waals surface area (Å²) in [6.07, 6.45) is 2.27. The fourth-order valence-electron chi connectivity index (χ4n) is 1.38. The van der Waals surface area contributed by atoms with Crippen LogP contribution in [0.25, 0.3) is 0 Å². The summed E-state index contributed by atoms with van der Waals surface area (Å²) in [4.78, 5) is 0. The van der Waals surface area contributed by atoms with Crippen molar-refractivity contribution < 1.29 is 14.2 Å². The normalized spacial score (nSPS) is 19.3. The molecule has 3 heteroatoms. The summed E-state index contributed by atoms with van der Waals surface area (Å²) < 4.78 is 15.7. The van der Waals surface area contributed by atoms with Crippen LogP contribution in [0.4, 0.5) is 0 Å². The van der Waals surface area contributed by atoms with E-state index in [0.29, 0.717) is 11.8 Å². The molecule has 3 nitrogen and oxygen atoms in total. The summed E-state index contributed by atoms with van der Waals surface area (Å²) in [6, 6.07) is 0. The van der Waals surface area contributed by atoms with Gasteiger partial charge < -0.3 is 14.2 Å². The van der Waals surface area contributed by atoms with Crippen LogP contribution in [-0.4, -0.2) is 40.1 Å². The molecule has 0 amide bonds. The standard InChI is InChI=1S/C11H22O3/c1-10(3-5-12-2)4-6-13-7-11-8-14-9-11/h10-11H,3-9H2,1-2H3. The Bertz CT molecular complexity index is 134. The van der Waals surface area contributed by atoms with Crippen molar-refractivity contribution in [2.75, 3.05) is 40.1 Å². The third-order valence-electron chi connectivity index (χ3n) is 2.63. The highest BCUT2D eigenvalue weighted by Crippen LogP contribution is 2.11. The zero-order valence-electron chi connectivity index (χ0n) is 9.33. The van der Waals surface area contributed by atoms with Gasteiger partial charge in [0, 0.05) is 26.2 Å². The lowest BCUT2D eigenvalue weighted by Crippen LogP contribution is -2.31. The summed E-state index contributed by atoms with van der Waals surface area (Å²) >= 11 is 0. The highest BCUT2D eigenvalue weighted by molar-refractivity contribution is 4.63. The maximum atomic E-state index is 5.57. The predicted molar refractivity (Wildman–Crippen MR) is 55.4 cm³/mol. The van der Waals surface area contributed by atoms with Gasteiger partial charge in [0.15, 0.2) is 0 Å². The molecule has 0 bridgehead atoms. The van der Waals surface area contributed by atoms with E-state index in [1.54, 1.807) is 7.11 Å². The smallest absolute Gasteiger partial charge is 0.0538 e. The van der Waals surface area contributed by atoms with Crippen LogP contribution in [0.1, 0.15) is 19.8 Å². The van der Waals surface area contributed by atoms with Crippen LogP contribution in [-0.2, 0) is 14.2 Å². The van der Waals surface area contributed by atoms with Crippen molar-refractivity contribution in [2.24, 2.45) is 11.8 Å². The Morgan fingerprint density at radius 1 is 1.29 bits per heavy atom. The van der Waals surface area contributed by atoms with E-state index < -0.39 is 0 Å². The predicted octanol–water partition coefficient (Wildman–Crippen LogP) is 1.71. The number of rotatable bonds is 8. The maximum absolute atomic E-state index is 5.57. The second kappa shape index (κ2) is 7.21. The van der Waals surface area contributed by atoms with Crippen LogP contribution < -0.4 is 0 Å². The SMILES string of the molecule is COCCC(C)CCOCC1COC1. The van der Waals surface area contributed by atoms with Crippen molar-refractivity contribution in [3.63, 3.8) is 0 Å². The fourth-order valence-corrected chi connectivity index (χ4v) is 1.38.